The Kier molecular flexibility index (Phi) is 3.51. The third-order valence-electron chi connectivity index (χ3n) is 3.10. The summed E-state index contributed by atoms with van der Waals surface area (Å²) in [6.45, 7) is 3.02. The van der Waals surface area contributed by atoms with Gasteiger partial charge in [0.1, 0.15) is 5.75 Å². The molecule has 2 aromatic rings. The second-order valence-electron chi connectivity index (χ2n) is 4.49. The molecule has 0 aliphatic rings. The summed E-state index contributed by atoms with van der Waals surface area (Å²) in [6, 6.07) is 10.0. The van der Waals surface area contributed by atoms with Crippen LogP contribution in [0.25, 0.3) is 10.8 Å². The smallest absolute Gasteiger partial charge is 0.255 e. The van der Waals surface area contributed by atoms with Crippen molar-refractivity contribution >= 4 is 22.5 Å². The number of fused-ring (bicyclic) bond motifs is 1. The first-order valence-corrected chi connectivity index (χ1v) is 6.02. The van der Waals surface area contributed by atoms with E-state index in [2.05, 4.69) is 5.32 Å². The first kappa shape index (κ1) is 13.1. The summed E-state index contributed by atoms with van der Waals surface area (Å²) in [5, 5.41) is 14.2. The Morgan fingerprint density at radius 3 is 2.53 bits per heavy atom. The Morgan fingerprint density at radius 1 is 1.16 bits per heavy atom. The van der Waals surface area contributed by atoms with Gasteiger partial charge in [0.2, 0.25) is 0 Å². The number of ketones is 1. The number of hydrogen-bond donors (Lipinski definition) is 2. The number of rotatable bonds is 3. The van der Waals surface area contributed by atoms with Gasteiger partial charge in [0, 0.05) is 5.39 Å². The van der Waals surface area contributed by atoms with Gasteiger partial charge in [0.25, 0.3) is 5.91 Å². The fourth-order valence-electron chi connectivity index (χ4n) is 1.81. The molecule has 0 aromatic heterocycles. The second kappa shape index (κ2) is 5.10. The zero-order chi connectivity index (χ0) is 14.0. The number of amides is 1. The molecule has 2 aromatic carbocycles. The normalized spacial score (nSPS) is 12.1. The van der Waals surface area contributed by atoms with E-state index in [0.29, 0.717) is 5.39 Å². The SMILES string of the molecule is CC(=O)C(C)NC(=O)c1ccc2ccccc2c1O. The highest BCUT2D eigenvalue weighted by molar-refractivity contribution is 6.04. The predicted octanol–water partition coefficient (Wildman–Crippen LogP) is 2.25. The molecule has 2 N–H and O–H groups in total. The van der Waals surface area contributed by atoms with Gasteiger partial charge in [-0.05, 0) is 25.3 Å². The minimum atomic E-state index is -0.571. The highest BCUT2D eigenvalue weighted by Gasteiger charge is 2.17. The highest BCUT2D eigenvalue weighted by Crippen LogP contribution is 2.28. The van der Waals surface area contributed by atoms with Crippen LogP contribution in [-0.2, 0) is 4.79 Å². The quantitative estimate of drug-likeness (QED) is 0.886. The van der Waals surface area contributed by atoms with Crippen LogP contribution >= 0.6 is 0 Å². The molecule has 0 aliphatic carbocycles. The van der Waals surface area contributed by atoms with E-state index in [1.807, 2.05) is 12.1 Å². The molecule has 0 fully saturated rings. The maximum atomic E-state index is 12.0. The number of nitrogens with one attached hydrogen (secondary N) is 1. The van der Waals surface area contributed by atoms with Crippen LogP contribution in [0, 0.1) is 0 Å². The summed E-state index contributed by atoms with van der Waals surface area (Å²) in [6.07, 6.45) is 0. The van der Waals surface area contributed by atoms with E-state index in [-0.39, 0.29) is 17.1 Å². The summed E-state index contributed by atoms with van der Waals surface area (Å²) in [5.41, 5.74) is 0.173. The van der Waals surface area contributed by atoms with Gasteiger partial charge in [-0.1, -0.05) is 30.3 Å². The summed E-state index contributed by atoms with van der Waals surface area (Å²) in [7, 11) is 0. The van der Waals surface area contributed by atoms with Crippen molar-refractivity contribution in [2.45, 2.75) is 19.9 Å². The summed E-state index contributed by atoms with van der Waals surface area (Å²) in [5.74, 6) is -0.647. The van der Waals surface area contributed by atoms with Crippen molar-refractivity contribution < 1.29 is 14.7 Å². The highest BCUT2D eigenvalue weighted by atomic mass is 16.3. The van der Waals surface area contributed by atoms with Gasteiger partial charge in [-0.25, -0.2) is 0 Å². The molecule has 0 saturated heterocycles. The van der Waals surface area contributed by atoms with Crippen LogP contribution in [0.3, 0.4) is 0 Å². The number of phenols is 1. The molecule has 4 nitrogen and oxygen atoms in total. The standard InChI is InChI=1S/C15H15NO3/c1-9(10(2)17)16-15(19)13-8-7-11-5-3-4-6-12(11)14(13)18/h3-9,18H,1-2H3,(H,16,19). The monoisotopic (exact) mass is 257 g/mol. The van der Waals surface area contributed by atoms with Crippen molar-refractivity contribution in [1.82, 2.24) is 5.32 Å². The van der Waals surface area contributed by atoms with Gasteiger partial charge in [0.15, 0.2) is 5.78 Å². The number of carbonyl (C=O) groups is 2. The molecule has 2 rings (SSSR count). The molecule has 0 spiro atoms. The van der Waals surface area contributed by atoms with Gasteiger partial charge >= 0.3 is 0 Å². The van der Waals surface area contributed by atoms with E-state index in [1.54, 1.807) is 31.2 Å². The molecular weight excluding hydrogens is 242 g/mol. The number of phenolic OH excluding ortho intramolecular Hbond substituents is 1. The maximum absolute atomic E-state index is 12.0. The average molecular weight is 257 g/mol. The molecule has 98 valence electrons. The molecule has 1 amide bonds. The van der Waals surface area contributed by atoms with Crippen molar-refractivity contribution in [3.05, 3.63) is 42.0 Å². The minimum absolute atomic E-state index is 0.0636. The molecule has 0 heterocycles. The lowest BCUT2D eigenvalue weighted by atomic mass is 10.0. The Labute approximate surface area is 111 Å². The lowest BCUT2D eigenvalue weighted by Crippen LogP contribution is -2.37. The van der Waals surface area contributed by atoms with Crippen LogP contribution in [0.2, 0.25) is 0 Å². The number of hydrogen-bond acceptors (Lipinski definition) is 3. The van der Waals surface area contributed by atoms with Crippen molar-refractivity contribution in [2.75, 3.05) is 0 Å². The molecule has 0 aliphatic heterocycles. The first-order chi connectivity index (χ1) is 9.00. The molecule has 0 bridgehead atoms. The largest absolute Gasteiger partial charge is 0.506 e. The fourth-order valence-corrected chi connectivity index (χ4v) is 1.81. The summed E-state index contributed by atoms with van der Waals surface area (Å²) < 4.78 is 0. The molecule has 0 radical (unpaired) electrons. The van der Waals surface area contributed by atoms with Crippen LogP contribution in [0.5, 0.6) is 5.75 Å². The van der Waals surface area contributed by atoms with Crippen molar-refractivity contribution in [3.8, 4) is 5.75 Å². The lowest BCUT2D eigenvalue weighted by molar-refractivity contribution is -0.118. The Bertz CT molecular complexity index is 649. The number of carbonyl (C=O) groups excluding carboxylic acids is 2. The van der Waals surface area contributed by atoms with E-state index >= 15 is 0 Å². The van der Waals surface area contributed by atoms with E-state index in [4.69, 9.17) is 0 Å². The lowest BCUT2D eigenvalue weighted by Gasteiger charge is -2.12. The summed E-state index contributed by atoms with van der Waals surface area (Å²) >= 11 is 0. The van der Waals surface area contributed by atoms with Gasteiger partial charge in [-0.2, -0.15) is 0 Å². The number of benzene rings is 2. The van der Waals surface area contributed by atoms with Gasteiger partial charge in [-0.15, -0.1) is 0 Å². The fraction of sp³-hybridized carbons (Fsp3) is 0.200. The van der Waals surface area contributed by atoms with E-state index in [9.17, 15) is 14.7 Å². The van der Waals surface area contributed by atoms with Crippen LogP contribution < -0.4 is 5.32 Å². The Hall–Kier alpha value is -2.36. The first-order valence-electron chi connectivity index (χ1n) is 6.02. The third-order valence-corrected chi connectivity index (χ3v) is 3.10. The van der Waals surface area contributed by atoms with Gasteiger partial charge in [0.05, 0.1) is 11.6 Å². The van der Waals surface area contributed by atoms with E-state index in [0.717, 1.165) is 5.39 Å². The maximum Gasteiger partial charge on any atom is 0.255 e. The molecular formula is C15H15NO3. The molecule has 0 saturated carbocycles. The predicted molar refractivity (Wildman–Crippen MR) is 73.2 cm³/mol. The number of Topliss-reactive ketones (excluding diaryl/α,β-unsaturated/α-hetero) is 1. The third kappa shape index (κ3) is 2.57. The zero-order valence-corrected chi connectivity index (χ0v) is 10.8. The average Bonchev–Trinajstić information content (AvgIpc) is 2.39. The molecule has 4 heteroatoms. The van der Waals surface area contributed by atoms with E-state index in [1.165, 1.54) is 6.92 Å². The minimum Gasteiger partial charge on any atom is -0.506 e. The van der Waals surface area contributed by atoms with Crippen LogP contribution in [0.1, 0.15) is 24.2 Å². The van der Waals surface area contributed by atoms with Crippen LogP contribution in [0.15, 0.2) is 36.4 Å². The van der Waals surface area contributed by atoms with Crippen LogP contribution in [0.4, 0.5) is 0 Å². The Balaban J connectivity index is 2.38. The zero-order valence-electron chi connectivity index (χ0n) is 10.8. The molecule has 1 atom stereocenters. The second-order valence-corrected chi connectivity index (χ2v) is 4.49. The van der Waals surface area contributed by atoms with Crippen molar-refractivity contribution in [3.63, 3.8) is 0 Å². The van der Waals surface area contributed by atoms with Crippen molar-refractivity contribution in [1.29, 1.82) is 0 Å². The topological polar surface area (TPSA) is 66.4 Å². The Morgan fingerprint density at radius 2 is 1.84 bits per heavy atom. The molecule has 1 unspecified atom stereocenters. The van der Waals surface area contributed by atoms with E-state index < -0.39 is 11.9 Å². The molecule has 19 heavy (non-hydrogen) atoms. The number of aromatic hydroxyl groups is 1. The van der Waals surface area contributed by atoms with Crippen LogP contribution in [-0.4, -0.2) is 22.8 Å². The van der Waals surface area contributed by atoms with Crippen molar-refractivity contribution in [2.24, 2.45) is 0 Å². The van der Waals surface area contributed by atoms with Gasteiger partial charge < -0.3 is 10.4 Å². The summed E-state index contributed by atoms with van der Waals surface area (Å²) in [4.78, 5) is 23.1. The van der Waals surface area contributed by atoms with Gasteiger partial charge in [-0.3, -0.25) is 9.59 Å².